The third kappa shape index (κ3) is 15.7. The van der Waals surface area contributed by atoms with E-state index in [4.69, 9.17) is 29.2 Å². The molecule has 0 aromatic heterocycles. The van der Waals surface area contributed by atoms with Crippen LogP contribution in [0.25, 0.3) is 0 Å². The number of hydrogen-bond donors (Lipinski definition) is 4. The normalized spacial score (nSPS) is 13.5. The van der Waals surface area contributed by atoms with Gasteiger partial charge in [-0.2, -0.15) is 0 Å². The molecule has 1 atom stereocenters. The molecule has 0 bridgehead atoms. The van der Waals surface area contributed by atoms with Crippen LogP contribution in [0.4, 0.5) is 0 Å². The second kappa shape index (κ2) is 19.7. The molecule has 0 aromatic carbocycles. The minimum atomic E-state index is -1.30. The van der Waals surface area contributed by atoms with Crippen LogP contribution < -0.4 is 10.6 Å². The molecule has 0 aliphatic carbocycles. The van der Waals surface area contributed by atoms with Crippen molar-refractivity contribution in [2.75, 3.05) is 65.9 Å². The predicted molar refractivity (Wildman–Crippen MR) is 128 cm³/mol. The minimum absolute atomic E-state index is 0.0199. The van der Waals surface area contributed by atoms with Gasteiger partial charge in [0.2, 0.25) is 11.8 Å². The fourth-order valence-electron chi connectivity index (χ4n) is 2.93. The largest absolute Gasteiger partial charge is 0.481 e. The highest BCUT2D eigenvalue weighted by molar-refractivity contribution is 6.13. The molecule has 15 nitrogen and oxygen atoms in total. The molecule has 1 rings (SSSR count). The van der Waals surface area contributed by atoms with Gasteiger partial charge >= 0.3 is 11.9 Å². The lowest BCUT2D eigenvalue weighted by molar-refractivity contribution is -0.143. The smallest absolute Gasteiger partial charge is 0.326 e. The highest BCUT2D eigenvalue weighted by Crippen LogP contribution is 2.04. The molecule has 38 heavy (non-hydrogen) atoms. The number of carbonyl (C=O) groups is 6. The molecular formula is C23H35N3O12. The van der Waals surface area contributed by atoms with Crippen molar-refractivity contribution in [2.45, 2.75) is 31.7 Å². The Morgan fingerprint density at radius 2 is 1.26 bits per heavy atom. The monoisotopic (exact) mass is 545 g/mol. The van der Waals surface area contributed by atoms with Crippen molar-refractivity contribution in [3.63, 3.8) is 0 Å². The molecule has 0 radical (unpaired) electrons. The molecule has 15 heteroatoms. The Hall–Kier alpha value is -3.40. The number of rotatable bonds is 23. The molecule has 0 fully saturated rings. The summed E-state index contributed by atoms with van der Waals surface area (Å²) in [6.07, 6.45) is 1.72. The fraction of sp³-hybridized carbons (Fsp3) is 0.652. The maximum Gasteiger partial charge on any atom is 0.326 e. The third-order valence-corrected chi connectivity index (χ3v) is 4.90. The second-order valence-electron chi connectivity index (χ2n) is 7.85. The van der Waals surface area contributed by atoms with Crippen molar-refractivity contribution >= 4 is 35.6 Å². The number of carbonyl (C=O) groups excluding carboxylic acids is 4. The van der Waals surface area contributed by atoms with Crippen molar-refractivity contribution < 1.29 is 57.9 Å². The van der Waals surface area contributed by atoms with Crippen molar-refractivity contribution in [3.05, 3.63) is 12.2 Å². The number of aliphatic carboxylic acids is 2. The topological polar surface area (TPSA) is 207 Å². The van der Waals surface area contributed by atoms with Gasteiger partial charge in [0.15, 0.2) is 0 Å². The highest BCUT2D eigenvalue weighted by atomic mass is 16.6. The van der Waals surface area contributed by atoms with Crippen LogP contribution in [0.1, 0.15) is 25.7 Å². The van der Waals surface area contributed by atoms with Gasteiger partial charge in [-0.05, 0) is 6.42 Å². The van der Waals surface area contributed by atoms with Gasteiger partial charge in [-0.1, -0.05) is 0 Å². The number of carboxylic acid groups (broad SMARTS) is 2. The first-order valence-electron chi connectivity index (χ1n) is 12.1. The number of nitrogens with zero attached hydrogens (tertiary/aromatic N) is 1. The summed E-state index contributed by atoms with van der Waals surface area (Å²) in [7, 11) is 0. The Morgan fingerprint density at radius 3 is 1.79 bits per heavy atom. The zero-order valence-electron chi connectivity index (χ0n) is 21.1. The average Bonchev–Trinajstić information content (AvgIpc) is 3.19. The fourth-order valence-corrected chi connectivity index (χ4v) is 2.93. The van der Waals surface area contributed by atoms with E-state index >= 15 is 0 Å². The summed E-state index contributed by atoms with van der Waals surface area (Å²) in [6.45, 7) is 2.46. The van der Waals surface area contributed by atoms with E-state index in [9.17, 15) is 28.8 Å². The van der Waals surface area contributed by atoms with Crippen LogP contribution in [0.3, 0.4) is 0 Å². The van der Waals surface area contributed by atoms with Gasteiger partial charge in [0.1, 0.15) is 6.04 Å². The molecule has 0 saturated carbocycles. The maximum atomic E-state index is 11.7. The zero-order chi connectivity index (χ0) is 28.2. The van der Waals surface area contributed by atoms with Gasteiger partial charge in [-0.25, -0.2) is 4.79 Å². The highest BCUT2D eigenvalue weighted by Gasteiger charge is 2.23. The molecule has 4 N–H and O–H groups in total. The Kier molecular flexibility index (Phi) is 16.9. The molecule has 1 aliphatic heterocycles. The first kappa shape index (κ1) is 32.6. The number of imide groups is 1. The van der Waals surface area contributed by atoms with Gasteiger partial charge in [-0.15, -0.1) is 0 Å². The number of nitrogens with one attached hydrogen (secondary N) is 2. The predicted octanol–water partition coefficient (Wildman–Crippen LogP) is -1.69. The van der Waals surface area contributed by atoms with Crippen molar-refractivity contribution in [1.82, 2.24) is 15.5 Å². The molecule has 0 unspecified atom stereocenters. The third-order valence-electron chi connectivity index (χ3n) is 4.90. The molecular weight excluding hydrogens is 510 g/mol. The Balaban J connectivity index is 1.86. The maximum absolute atomic E-state index is 11.7. The van der Waals surface area contributed by atoms with E-state index in [0.29, 0.717) is 26.4 Å². The van der Waals surface area contributed by atoms with Crippen LogP contribution >= 0.6 is 0 Å². The lowest BCUT2D eigenvalue weighted by atomic mass is 10.1. The first-order valence-corrected chi connectivity index (χ1v) is 12.1. The van der Waals surface area contributed by atoms with Crippen LogP contribution in [0.2, 0.25) is 0 Å². The van der Waals surface area contributed by atoms with Gasteiger partial charge in [0, 0.05) is 44.5 Å². The summed E-state index contributed by atoms with van der Waals surface area (Å²) in [4.78, 5) is 68.8. The molecule has 214 valence electrons. The van der Waals surface area contributed by atoms with E-state index in [0.717, 1.165) is 4.90 Å². The Labute approximate surface area is 219 Å². The summed E-state index contributed by atoms with van der Waals surface area (Å²) >= 11 is 0. The second-order valence-corrected chi connectivity index (χ2v) is 7.85. The first-order chi connectivity index (χ1) is 18.2. The zero-order valence-corrected chi connectivity index (χ0v) is 21.1. The van der Waals surface area contributed by atoms with Crippen LogP contribution in [0, 0.1) is 0 Å². The lowest BCUT2D eigenvalue weighted by Gasteiger charge is -2.13. The summed E-state index contributed by atoms with van der Waals surface area (Å²) in [5.41, 5.74) is 0. The molecule has 1 heterocycles. The number of carboxylic acids is 2. The van der Waals surface area contributed by atoms with Crippen LogP contribution in [0.5, 0.6) is 0 Å². The van der Waals surface area contributed by atoms with Gasteiger partial charge in [0.05, 0.1) is 52.9 Å². The van der Waals surface area contributed by atoms with E-state index in [2.05, 4.69) is 10.6 Å². The summed E-state index contributed by atoms with van der Waals surface area (Å²) in [5, 5.41) is 22.5. The van der Waals surface area contributed by atoms with Crippen molar-refractivity contribution in [3.8, 4) is 0 Å². The van der Waals surface area contributed by atoms with Crippen LogP contribution in [-0.4, -0.2) is 123 Å². The minimum Gasteiger partial charge on any atom is -0.481 e. The molecule has 1 aliphatic rings. The SMILES string of the molecule is O=C(O)CC[C@H](NC(=O)CCOCCOCCOCCOCCNC(=O)CCN1C(=O)C=CC1=O)C(=O)O. The van der Waals surface area contributed by atoms with E-state index in [-0.39, 0.29) is 71.1 Å². The molecule has 0 saturated heterocycles. The van der Waals surface area contributed by atoms with E-state index in [1.54, 1.807) is 0 Å². The number of hydrogen-bond acceptors (Lipinski definition) is 10. The molecule has 4 amide bonds. The Bertz CT molecular complexity index is 814. The lowest BCUT2D eigenvalue weighted by Crippen LogP contribution is -2.41. The van der Waals surface area contributed by atoms with E-state index in [1.807, 2.05) is 0 Å². The summed E-state index contributed by atoms with van der Waals surface area (Å²) in [6, 6.07) is -1.26. The molecule has 0 spiro atoms. The number of amides is 4. The van der Waals surface area contributed by atoms with Crippen LogP contribution in [0.15, 0.2) is 12.2 Å². The quantitative estimate of drug-likeness (QED) is 0.0838. The van der Waals surface area contributed by atoms with Gasteiger partial charge in [0.25, 0.3) is 11.8 Å². The van der Waals surface area contributed by atoms with E-state index in [1.165, 1.54) is 12.2 Å². The Morgan fingerprint density at radius 1 is 0.737 bits per heavy atom. The average molecular weight is 546 g/mol. The van der Waals surface area contributed by atoms with Gasteiger partial charge in [-0.3, -0.25) is 28.9 Å². The molecule has 0 aromatic rings. The van der Waals surface area contributed by atoms with E-state index < -0.39 is 35.7 Å². The standard InChI is InChI=1S/C23H35N3O12/c27-18(5-8-26-20(29)2-3-21(26)30)24-7-10-36-12-14-38-16-15-37-13-11-35-9-6-19(28)25-17(23(33)34)1-4-22(31)32/h2-3,17H,1,4-16H2,(H,24,27)(H,25,28)(H,31,32)(H,33,34)/t17-/m0/s1. The van der Waals surface area contributed by atoms with Gasteiger partial charge < -0.3 is 39.8 Å². The van der Waals surface area contributed by atoms with Crippen LogP contribution in [-0.2, 0) is 47.7 Å². The number of ether oxygens (including phenoxy) is 4. The van der Waals surface area contributed by atoms with Crippen molar-refractivity contribution in [2.24, 2.45) is 0 Å². The summed E-state index contributed by atoms with van der Waals surface area (Å²) in [5.74, 6) is -4.12. The summed E-state index contributed by atoms with van der Waals surface area (Å²) < 4.78 is 21.2. The van der Waals surface area contributed by atoms with Crippen molar-refractivity contribution in [1.29, 1.82) is 0 Å².